The number of hydrogen-bond acceptors (Lipinski definition) is 20. The van der Waals surface area contributed by atoms with Gasteiger partial charge in [-0.05, 0) is 184 Å². The molecule has 12 fully saturated rings. The predicted molar refractivity (Wildman–Crippen MR) is 494 cm³/mol. The summed E-state index contributed by atoms with van der Waals surface area (Å²) in [6.07, 6.45) is 27.8. The second-order valence-electron chi connectivity index (χ2n) is 43.3. The molecule has 0 radical (unpaired) electrons. The van der Waals surface area contributed by atoms with Gasteiger partial charge in [0.05, 0.1) is 24.2 Å². The van der Waals surface area contributed by atoms with Crippen molar-refractivity contribution in [3.05, 3.63) is 17.5 Å². The van der Waals surface area contributed by atoms with Crippen LogP contribution in [-0.4, -0.2) is 241 Å². The third-order valence-corrected chi connectivity index (χ3v) is 33.1. The molecule has 12 N–H and O–H groups in total. The predicted octanol–water partition coefficient (Wildman–Crippen LogP) is 9.11. The second-order valence-corrected chi connectivity index (χ2v) is 46.5. The first-order valence-electron chi connectivity index (χ1n) is 49.0. The van der Waals surface area contributed by atoms with E-state index in [1.807, 2.05) is 20.8 Å². The number of nitrogens with zero attached hydrogens (tertiary/aromatic N) is 4. The second kappa shape index (κ2) is 45.9. The average molecular weight is 1870 g/mol. The number of carbonyl (C=O) groups excluding carboxylic acids is 14. The van der Waals surface area contributed by atoms with E-state index in [2.05, 4.69) is 89.4 Å². The Morgan fingerprint density at radius 1 is 0.504 bits per heavy atom. The number of likely N-dealkylation sites (N-methyl/N-ethyl adjacent to an activating group) is 1. The van der Waals surface area contributed by atoms with Crippen LogP contribution in [0.5, 0.6) is 0 Å². The fraction of sp³-hybridized carbons (Fsp3) is 0.802. The molecule has 7 heterocycles. The van der Waals surface area contributed by atoms with Crippen LogP contribution in [-0.2, 0) is 77.1 Å². The summed E-state index contributed by atoms with van der Waals surface area (Å²) >= 11 is 1.13. The van der Waals surface area contributed by atoms with Crippen LogP contribution < -0.4 is 53.6 Å². The highest BCUT2D eigenvalue weighted by molar-refractivity contribution is 7.91. The molecule has 1 aromatic rings. The van der Waals surface area contributed by atoms with Crippen molar-refractivity contribution in [3.63, 3.8) is 0 Å². The van der Waals surface area contributed by atoms with Crippen LogP contribution in [0.2, 0.25) is 0 Å². The summed E-state index contributed by atoms with van der Waals surface area (Å²) in [5.74, 6) is -4.06. The molecule has 6 aliphatic heterocycles. The number of nitrogens with one attached hydrogen (secondary N) is 9. The van der Waals surface area contributed by atoms with E-state index in [0.29, 0.717) is 108 Å². The van der Waals surface area contributed by atoms with Crippen LogP contribution in [0, 0.1) is 74.9 Å². The molecule has 0 aromatic carbocycles. The number of carboxylic acid groups (broad SMARTS) is 1. The molecule has 33 nitrogen and oxygen atoms in total. The number of ether oxygens (including phenoxy) is 1. The van der Waals surface area contributed by atoms with Crippen molar-refractivity contribution in [1.29, 1.82) is 0 Å². The van der Waals surface area contributed by atoms with Gasteiger partial charge in [-0.2, -0.15) is 4.31 Å². The van der Waals surface area contributed by atoms with Crippen LogP contribution in [0.1, 0.15) is 295 Å². The van der Waals surface area contributed by atoms with Crippen LogP contribution in [0.4, 0.5) is 9.59 Å². The number of sulfonamides is 1. The van der Waals surface area contributed by atoms with E-state index in [1.54, 1.807) is 53.0 Å². The Morgan fingerprint density at radius 2 is 0.817 bits per heavy atom. The van der Waals surface area contributed by atoms with Crippen LogP contribution >= 0.6 is 11.3 Å². The maximum atomic E-state index is 14.5. The molecule has 12 aliphatic rings. The highest BCUT2D eigenvalue weighted by atomic mass is 32.2. The van der Waals surface area contributed by atoms with Crippen LogP contribution in [0.3, 0.4) is 0 Å². The lowest BCUT2D eigenvalue weighted by molar-refractivity contribution is -0.144. The van der Waals surface area contributed by atoms with Gasteiger partial charge in [0.1, 0.15) is 40.0 Å². The number of hydrogen-bond donors (Lipinski definition) is 11. The summed E-state index contributed by atoms with van der Waals surface area (Å²) in [6.45, 7) is 26.2. The van der Waals surface area contributed by atoms with E-state index in [4.69, 9.17) is 20.4 Å². The molecule has 6 saturated heterocycles. The first kappa shape index (κ1) is 105. The van der Waals surface area contributed by atoms with Crippen molar-refractivity contribution in [1.82, 2.24) is 66.9 Å². The number of ketones is 3. The van der Waals surface area contributed by atoms with Crippen molar-refractivity contribution in [2.45, 2.75) is 365 Å². The molecule has 16 atom stereocenters. The van der Waals surface area contributed by atoms with Gasteiger partial charge < -0.3 is 78.1 Å². The maximum Gasteiger partial charge on any atom is 0.408 e. The topological polar surface area (TPSA) is 467 Å². The number of amides is 12. The average Bonchev–Trinajstić information content (AvgIpc) is 1.53. The minimum Gasteiger partial charge on any atom is -0.483 e. The zero-order valence-electron chi connectivity index (χ0n) is 80.0. The molecule has 734 valence electrons. The molecular formula is C96H154N14O19S2. The Hall–Kier alpha value is -8.18. The Bertz CT molecular complexity index is 4310. The van der Waals surface area contributed by atoms with E-state index < -0.39 is 140 Å². The molecule has 6 saturated carbocycles. The molecule has 6 aliphatic carbocycles. The molecule has 131 heavy (non-hydrogen) atoms. The molecular weight excluding hydrogens is 1720 g/mol. The van der Waals surface area contributed by atoms with Gasteiger partial charge in [-0.3, -0.25) is 62.3 Å². The quantitative estimate of drug-likeness (QED) is 0.0454. The van der Waals surface area contributed by atoms with Gasteiger partial charge in [-0.25, -0.2) is 18.0 Å². The van der Waals surface area contributed by atoms with Crippen molar-refractivity contribution in [2.24, 2.45) is 80.7 Å². The lowest BCUT2D eigenvalue weighted by Gasteiger charge is -2.36. The summed E-state index contributed by atoms with van der Waals surface area (Å²) in [6, 6.07) is -5.29. The lowest BCUT2D eigenvalue weighted by Crippen LogP contribution is -2.60. The zero-order chi connectivity index (χ0) is 95.8. The minimum absolute atomic E-state index is 0.0150. The van der Waals surface area contributed by atoms with Gasteiger partial charge in [0.25, 0.3) is 34.2 Å². The summed E-state index contributed by atoms with van der Waals surface area (Å²) in [7, 11) is -2.27. The number of thiophene rings is 1. The van der Waals surface area contributed by atoms with E-state index in [-0.39, 0.29) is 92.6 Å². The summed E-state index contributed by atoms with van der Waals surface area (Å²) in [5.41, 5.74) is 4.70. The SMILES string of the molecule is CC(C)(C)OC(=O)N[C@H]1CCCCCCCCC[C@@H](C(=O)C(=O)NCC2CC2)NC(=O)[C@@H]2[C@@H]3[C@H](CN2C1=O)C3(C)C.CC1(C)[C@@H]2[C@H]3C(=O)N[C@H](C(=O)C(=O)NCC4CC4)CCCCCCCCC[C@H](N)C(=O)N3C[C@@H]21.CN(C[C@@H](NC(=O)N[C@H]1CCCCCCCCC[C@@H](C(=O)C(=O)NCC2CC2)NC(=O)[C@@H]2[C@@H]3[C@H](CN2C1=O)C3(C)C)C(C)(C)C)S(=O)(=O)c1cccs1.O=CO. The Kier molecular flexibility index (Phi) is 36.8. The smallest absolute Gasteiger partial charge is 0.408 e. The van der Waals surface area contributed by atoms with E-state index in [0.717, 1.165) is 172 Å². The Morgan fingerprint density at radius 3 is 1.13 bits per heavy atom. The number of Topliss-reactive ketones (excluding diaryl/α,β-unsaturated/α-hetero) is 3. The number of nitrogens with two attached hydrogens (primary N) is 1. The molecule has 12 amide bonds. The zero-order valence-corrected chi connectivity index (χ0v) is 81.7. The Balaban J connectivity index is 0.000000206. The molecule has 0 spiro atoms. The largest absolute Gasteiger partial charge is 0.483 e. The van der Waals surface area contributed by atoms with Gasteiger partial charge in [-0.1, -0.05) is 203 Å². The van der Waals surface area contributed by atoms with Gasteiger partial charge in [0, 0.05) is 58.9 Å². The van der Waals surface area contributed by atoms with Gasteiger partial charge in [-0.15, -0.1) is 11.3 Å². The third kappa shape index (κ3) is 28.5. The third-order valence-electron chi connectivity index (χ3n) is 29.9. The number of urea groups is 1. The normalized spacial score (nSPS) is 29.9. The minimum atomic E-state index is -3.76. The van der Waals surface area contributed by atoms with Crippen molar-refractivity contribution >= 4 is 110 Å². The molecule has 0 unspecified atom stereocenters. The summed E-state index contributed by atoms with van der Waals surface area (Å²) in [4.78, 5) is 201. The fourth-order valence-electron chi connectivity index (χ4n) is 20.7. The van der Waals surface area contributed by atoms with Crippen molar-refractivity contribution < 1.29 is 90.2 Å². The molecule has 0 bridgehead atoms. The first-order valence-corrected chi connectivity index (χ1v) is 51.4. The highest BCUT2D eigenvalue weighted by Gasteiger charge is 2.72. The number of alkyl carbamates (subject to hydrolysis) is 1. The van der Waals surface area contributed by atoms with Gasteiger partial charge >= 0.3 is 12.1 Å². The van der Waals surface area contributed by atoms with Crippen LogP contribution in [0.25, 0.3) is 0 Å². The van der Waals surface area contributed by atoms with Gasteiger partial charge in [0.15, 0.2) is 0 Å². The number of carbonyl (C=O) groups is 15. The molecule has 35 heteroatoms. The van der Waals surface area contributed by atoms with Crippen molar-refractivity contribution in [2.75, 3.05) is 52.9 Å². The number of rotatable bonds is 19. The number of fused-ring (bicyclic) bond motifs is 9. The fourth-order valence-corrected chi connectivity index (χ4v) is 23.1. The van der Waals surface area contributed by atoms with Crippen LogP contribution in [0.15, 0.2) is 21.7 Å². The first-order chi connectivity index (χ1) is 61.8. The molecule has 13 rings (SSSR count). The Labute approximate surface area is 779 Å². The number of piperidine rings is 3. The monoisotopic (exact) mass is 1870 g/mol. The summed E-state index contributed by atoms with van der Waals surface area (Å²) < 4.78 is 33.3. The van der Waals surface area contributed by atoms with E-state index in [1.165, 1.54) is 11.4 Å². The van der Waals surface area contributed by atoms with E-state index >= 15 is 0 Å². The van der Waals surface area contributed by atoms with E-state index in [9.17, 15) is 75.5 Å². The highest BCUT2D eigenvalue weighted by Crippen LogP contribution is 2.67. The van der Waals surface area contributed by atoms with Gasteiger partial charge in [0.2, 0.25) is 52.8 Å². The maximum absolute atomic E-state index is 14.5. The lowest BCUT2D eigenvalue weighted by atomic mass is 9.86. The standard InChI is InChI=1S/C38H60N6O7S2.C31H50N4O6.C26H42N4O4.CH2O2/c1-37(2,3)28(23-43(6)53(50,51)29-17-14-20-52-29)42-36(49)41-27-16-13-11-9-7-8-10-12-15-26(32(45)34(47)39-21-24-18-19-24)40-33(46)31-30-25(38(30,4)5)22-44(31)35(27)48;1-30(2,3)41-29(40)34-22-14-12-10-8-6-7-9-11-13-21(25(36)27(38)32-17-19-15-16-19)33-26(37)24-23-20(31(23,4)5)18-35(24)28(22)39;1-26(2)17-15-30-21(20(17)26)23(32)29-19(22(31)24(33)28-14-16-12-13-16)11-9-7-5-3-4-6-8-10-18(27)25(30)34;2-1-3/h14,17,20,24-28,30-31H,7-13,15-16,18-19,21-23H2,1-6H3,(H,39,47)(H,40,46)(H2,41,42,49);19-24H,6-18H2,1-5H3,(H,32,38)(H,33,37)(H,34,40);16-21H,3-15,27H2,1-2H3,(H,28,33)(H,29,32);1H,(H,2,3)/t25-,26-,27-,28+,30-,31-;20-,21-,22-,23-,24-;17-,18-,19-,20-,21-;/m000./s1. The molecule has 1 aromatic heterocycles. The summed E-state index contributed by atoms with van der Waals surface area (Å²) in [5, 5.41) is 34.2. The van der Waals surface area contributed by atoms with Crippen molar-refractivity contribution in [3.8, 4) is 0 Å².